The van der Waals surface area contributed by atoms with E-state index in [4.69, 9.17) is 14.2 Å². The highest BCUT2D eigenvalue weighted by atomic mass is 16.7. The Morgan fingerprint density at radius 2 is 1.77 bits per heavy atom. The molecule has 5 nitrogen and oxygen atoms in total. The number of aryl methyl sites for hydroxylation is 1. The zero-order valence-corrected chi connectivity index (χ0v) is 12.1. The molecule has 0 bridgehead atoms. The molecule has 5 heteroatoms. The minimum atomic E-state index is 0.258. The van der Waals surface area contributed by atoms with Crippen molar-refractivity contribution in [3.63, 3.8) is 0 Å². The van der Waals surface area contributed by atoms with Gasteiger partial charge in [-0.3, -0.25) is 0 Å². The molecule has 0 spiro atoms. The van der Waals surface area contributed by atoms with Crippen molar-refractivity contribution in [3.8, 4) is 17.2 Å². The summed E-state index contributed by atoms with van der Waals surface area (Å²) < 4.78 is 16.4. The molecule has 0 radical (unpaired) electrons. The van der Waals surface area contributed by atoms with E-state index in [2.05, 4.69) is 9.97 Å². The van der Waals surface area contributed by atoms with E-state index >= 15 is 0 Å². The fourth-order valence-corrected chi connectivity index (χ4v) is 2.38. The first-order chi connectivity index (χ1) is 10.8. The normalized spacial score (nSPS) is 12.6. The van der Waals surface area contributed by atoms with Crippen molar-refractivity contribution >= 4 is 11.0 Å². The summed E-state index contributed by atoms with van der Waals surface area (Å²) in [5.41, 5.74) is 3.47. The second-order valence-electron chi connectivity index (χ2n) is 5.05. The largest absolute Gasteiger partial charge is 0.487 e. The van der Waals surface area contributed by atoms with Crippen LogP contribution in [0.2, 0.25) is 0 Å². The summed E-state index contributed by atoms with van der Waals surface area (Å²) in [5, 5.41) is 0. The zero-order valence-electron chi connectivity index (χ0n) is 12.1. The Hall–Kier alpha value is -2.82. The Bertz CT molecular complexity index is 848. The van der Waals surface area contributed by atoms with Crippen molar-refractivity contribution in [1.82, 2.24) is 9.97 Å². The third-order valence-electron chi connectivity index (χ3n) is 3.56. The van der Waals surface area contributed by atoms with Gasteiger partial charge in [0.15, 0.2) is 11.5 Å². The average Bonchev–Trinajstić information content (AvgIpc) is 3.00. The van der Waals surface area contributed by atoms with Crippen molar-refractivity contribution in [1.29, 1.82) is 0 Å². The van der Waals surface area contributed by atoms with E-state index in [0.29, 0.717) is 12.4 Å². The zero-order chi connectivity index (χ0) is 14.9. The first-order valence-electron chi connectivity index (χ1n) is 7.04. The number of fused-ring (bicyclic) bond motifs is 2. The minimum absolute atomic E-state index is 0.258. The molecule has 0 atom stereocenters. The third-order valence-corrected chi connectivity index (χ3v) is 3.56. The Kier molecular flexibility index (Phi) is 3.04. The van der Waals surface area contributed by atoms with Gasteiger partial charge < -0.3 is 14.2 Å². The molecule has 0 amide bonds. The molecule has 0 unspecified atom stereocenters. The average molecular weight is 294 g/mol. The summed E-state index contributed by atoms with van der Waals surface area (Å²) in [6.07, 6.45) is 0. The molecule has 110 valence electrons. The van der Waals surface area contributed by atoms with Gasteiger partial charge in [0.2, 0.25) is 6.79 Å². The van der Waals surface area contributed by atoms with Crippen LogP contribution < -0.4 is 14.2 Å². The predicted octanol–water partition coefficient (Wildman–Crippen LogP) is 3.25. The van der Waals surface area contributed by atoms with E-state index in [-0.39, 0.29) is 6.79 Å². The molecule has 0 saturated heterocycles. The standard InChI is InChI=1S/C17H14N2O3/c1-11-15(19-14-5-3-2-4-13(14)18-11)9-20-12-6-7-16-17(8-12)22-10-21-16/h2-8H,9-10H2,1H3. The van der Waals surface area contributed by atoms with Crippen LogP contribution in [0.15, 0.2) is 42.5 Å². The number of benzene rings is 2. The van der Waals surface area contributed by atoms with E-state index in [1.165, 1.54) is 0 Å². The Morgan fingerprint density at radius 3 is 2.64 bits per heavy atom. The minimum Gasteiger partial charge on any atom is -0.487 e. The number of ether oxygens (including phenoxy) is 3. The highest BCUT2D eigenvalue weighted by molar-refractivity contribution is 5.74. The first-order valence-corrected chi connectivity index (χ1v) is 7.04. The van der Waals surface area contributed by atoms with Gasteiger partial charge in [-0.1, -0.05) is 12.1 Å². The number of nitrogens with zero attached hydrogens (tertiary/aromatic N) is 2. The fourth-order valence-electron chi connectivity index (χ4n) is 2.38. The second kappa shape index (κ2) is 5.18. The monoisotopic (exact) mass is 294 g/mol. The molecule has 0 fully saturated rings. The van der Waals surface area contributed by atoms with Crippen LogP contribution in [0.3, 0.4) is 0 Å². The summed E-state index contributed by atoms with van der Waals surface area (Å²) in [5.74, 6) is 2.17. The summed E-state index contributed by atoms with van der Waals surface area (Å²) in [6.45, 7) is 2.56. The molecule has 1 aliphatic heterocycles. The fraction of sp³-hybridized carbons (Fsp3) is 0.176. The molecule has 2 heterocycles. The molecule has 3 aromatic rings. The first kappa shape index (κ1) is 12.9. The van der Waals surface area contributed by atoms with Gasteiger partial charge in [0.05, 0.1) is 22.4 Å². The van der Waals surface area contributed by atoms with Crippen molar-refractivity contribution in [3.05, 3.63) is 53.9 Å². The van der Waals surface area contributed by atoms with Gasteiger partial charge in [0, 0.05) is 6.07 Å². The third kappa shape index (κ3) is 2.30. The lowest BCUT2D eigenvalue weighted by molar-refractivity contribution is 0.173. The van der Waals surface area contributed by atoms with E-state index < -0.39 is 0 Å². The second-order valence-corrected chi connectivity index (χ2v) is 5.05. The summed E-state index contributed by atoms with van der Waals surface area (Å²) >= 11 is 0. The predicted molar refractivity (Wildman–Crippen MR) is 81.2 cm³/mol. The maximum absolute atomic E-state index is 5.81. The van der Waals surface area contributed by atoms with Crippen LogP contribution in [0.1, 0.15) is 11.4 Å². The maximum atomic E-state index is 5.81. The van der Waals surface area contributed by atoms with Gasteiger partial charge in [0.25, 0.3) is 0 Å². The Labute approximate surface area is 127 Å². The molecule has 1 aliphatic rings. The van der Waals surface area contributed by atoms with Crippen LogP contribution in [-0.2, 0) is 6.61 Å². The Morgan fingerprint density at radius 1 is 1.00 bits per heavy atom. The Balaban J connectivity index is 1.57. The van der Waals surface area contributed by atoms with Crippen molar-refractivity contribution in [2.75, 3.05) is 6.79 Å². The molecule has 22 heavy (non-hydrogen) atoms. The molecular formula is C17H14N2O3. The molecular weight excluding hydrogens is 280 g/mol. The highest BCUT2D eigenvalue weighted by Crippen LogP contribution is 2.35. The summed E-state index contributed by atoms with van der Waals surface area (Å²) in [6, 6.07) is 13.3. The van der Waals surface area contributed by atoms with Crippen LogP contribution in [0.25, 0.3) is 11.0 Å². The van der Waals surface area contributed by atoms with E-state index in [1.54, 1.807) is 0 Å². The smallest absolute Gasteiger partial charge is 0.231 e. The van der Waals surface area contributed by atoms with Crippen LogP contribution in [0, 0.1) is 6.92 Å². The number of hydrogen-bond acceptors (Lipinski definition) is 5. The van der Waals surface area contributed by atoms with Crippen molar-refractivity contribution < 1.29 is 14.2 Å². The lowest BCUT2D eigenvalue weighted by atomic mass is 10.2. The van der Waals surface area contributed by atoms with E-state index in [1.807, 2.05) is 49.4 Å². The highest BCUT2D eigenvalue weighted by Gasteiger charge is 2.14. The van der Waals surface area contributed by atoms with Gasteiger partial charge in [0.1, 0.15) is 12.4 Å². The number of hydrogen-bond donors (Lipinski definition) is 0. The molecule has 2 aromatic carbocycles. The lowest BCUT2D eigenvalue weighted by Crippen LogP contribution is -2.03. The van der Waals surface area contributed by atoms with Gasteiger partial charge in [-0.25, -0.2) is 9.97 Å². The quantitative estimate of drug-likeness (QED) is 0.742. The van der Waals surface area contributed by atoms with Gasteiger partial charge >= 0.3 is 0 Å². The maximum Gasteiger partial charge on any atom is 0.231 e. The van der Waals surface area contributed by atoms with E-state index in [0.717, 1.165) is 33.9 Å². The van der Waals surface area contributed by atoms with Crippen LogP contribution in [-0.4, -0.2) is 16.8 Å². The number of para-hydroxylation sites is 2. The van der Waals surface area contributed by atoms with Gasteiger partial charge in [-0.2, -0.15) is 0 Å². The SMILES string of the molecule is Cc1nc2ccccc2nc1COc1ccc2c(c1)OCO2. The number of aromatic nitrogens is 2. The summed E-state index contributed by atoms with van der Waals surface area (Å²) in [4.78, 5) is 9.18. The van der Waals surface area contributed by atoms with Crippen molar-refractivity contribution in [2.24, 2.45) is 0 Å². The topological polar surface area (TPSA) is 53.5 Å². The van der Waals surface area contributed by atoms with Crippen LogP contribution >= 0.6 is 0 Å². The van der Waals surface area contributed by atoms with Crippen LogP contribution in [0.4, 0.5) is 0 Å². The molecule has 0 N–H and O–H groups in total. The number of rotatable bonds is 3. The van der Waals surface area contributed by atoms with Gasteiger partial charge in [-0.05, 0) is 31.2 Å². The molecule has 0 saturated carbocycles. The molecule has 4 rings (SSSR count). The summed E-state index contributed by atoms with van der Waals surface area (Å²) in [7, 11) is 0. The van der Waals surface area contributed by atoms with Crippen molar-refractivity contribution in [2.45, 2.75) is 13.5 Å². The lowest BCUT2D eigenvalue weighted by Gasteiger charge is -2.09. The van der Waals surface area contributed by atoms with Crippen LogP contribution in [0.5, 0.6) is 17.2 Å². The van der Waals surface area contributed by atoms with Gasteiger partial charge in [-0.15, -0.1) is 0 Å². The molecule has 0 aliphatic carbocycles. The van der Waals surface area contributed by atoms with E-state index in [9.17, 15) is 0 Å². The molecule has 1 aromatic heterocycles.